The van der Waals surface area contributed by atoms with Crippen molar-refractivity contribution in [3.05, 3.63) is 59.4 Å². The van der Waals surface area contributed by atoms with Crippen LogP contribution in [0, 0.1) is 6.92 Å². The number of aryl methyl sites for hydroxylation is 1. The Morgan fingerprint density at radius 2 is 1.78 bits per heavy atom. The minimum absolute atomic E-state index is 0.451. The molecule has 0 atom stereocenters. The van der Waals surface area contributed by atoms with Crippen LogP contribution >= 0.6 is 0 Å². The van der Waals surface area contributed by atoms with Gasteiger partial charge in [0.15, 0.2) is 0 Å². The van der Waals surface area contributed by atoms with E-state index in [0.29, 0.717) is 12.5 Å². The summed E-state index contributed by atoms with van der Waals surface area (Å²) in [5.74, 6) is 1.31. The van der Waals surface area contributed by atoms with E-state index in [-0.39, 0.29) is 0 Å². The maximum absolute atomic E-state index is 5.80. The Morgan fingerprint density at radius 3 is 2.39 bits per heavy atom. The highest BCUT2D eigenvalue weighted by molar-refractivity contribution is 5.29. The highest BCUT2D eigenvalue weighted by Gasteiger charge is 2.05. The Bertz CT molecular complexity index is 506. The number of pyridine rings is 1. The first-order chi connectivity index (χ1) is 8.66. The van der Waals surface area contributed by atoms with Crippen molar-refractivity contribution >= 4 is 0 Å². The largest absolute Gasteiger partial charge is 0.487 e. The van der Waals surface area contributed by atoms with Gasteiger partial charge in [-0.1, -0.05) is 44.2 Å². The fourth-order valence-electron chi connectivity index (χ4n) is 1.78. The number of hydrogen-bond acceptors (Lipinski definition) is 2. The van der Waals surface area contributed by atoms with E-state index in [1.807, 2.05) is 37.3 Å². The van der Waals surface area contributed by atoms with Crippen molar-refractivity contribution < 1.29 is 4.74 Å². The summed E-state index contributed by atoms with van der Waals surface area (Å²) in [6, 6.07) is 14.2. The SMILES string of the molecule is Cc1nc(C(C)C)ccc1OCc1ccccc1. The van der Waals surface area contributed by atoms with Crippen molar-refractivity contribution in [2.45, 2.75) is 33.3 Å². The van der Waals surface area contributed by atoms with Crippen LogP contribution in [0.25, 0.3) is 0 Å². The topological polar surface area (TPSA) is 22.1 Å². The molecule has 2 heteroatoms. The van der Waals surface area contributed by atoms with Gasteiger partial charge in [-0.2, -0.15) is 0 Å². The van der Waals surface area contributed by atoms with E-state index < -0.39 is 0 Å². The molecule has 0 saturated heterocycles. The Morgan fingerprint density at radius 1 is 1.06 bits per heavy atom. The third kappa shape index (κ3) is 3.10. The molecule has 0 aliphatic carbocycles. The van der Waals surface area contributed by atoms with Crippen molar-refractivity contribution in [2.75, 3.05) is 0 Å². The summed E-state index contributed by atoms with van der Waals surface area (Å²) in [5.41, 5.74) is 3.24. The van der Waals surface area contributed by atoms with E-state index in [9.17, 15) is 0 Å². The van der Waals surface area contributed by atoms with Crippen LogP contribution < -0.4 is 4.74 Å². The number of aromatic nitrogens is 1. The average molecular weight is 241 g/mol. The predicted molar refractivity (Wildman–Crippen MR) is 73.8 cm³/mol. The van der Waals surface area contributed by atoms with Gasteiger partial charge < -0.3 is 4.74 Å². The molecule has 0 unspecified atom stereocenters. The molecule has 0 saturated carbocycles. The van der Waals surface area contributed by atoms with Gasteiger partial charge in [-0.15, -0.1) is 0 Å². The van der Waals surface area contributed by atoms with Gasteiger partial charge in [0, 0.05) is 5.69 Å². The molecule has 2 nitrogen and oxygen atoms in total. The Labute approximate surface area is 109 Å². The zero-order valence-corrected chi connectivity index (χ0v) is 11.2. The number of benzene rings is 1. The van der Waals surface area contributed by atoms with Gasteiger partial charge in [-0.05, 0) is 30.5 Å². The lowest BCUT2D eigenvalue weighted by Gasteiger charge is -2.11. The molecule has 2 rings (SSSR count). The summed E-state index contributed by atoms with van der Waals surface area (Å²) in [4.78, 5) is 4.56. The van der Waals surface area contributed by atoms with E-state index in [0.717, 1.165) is 17.1 Å². The Hall–Kier alpha value is -1.83. The fraction of sp³-hybridized carbons (Fsp3) is 0.312. The molecule has 2 aromatic rings. The number of rotatable bonds is 4. The molecule has 0 bridgehead atoms. The molecule has 1 aromatic carbocycles. The van der Waals surface area contributed by atoms with Crippen LogP contribution in [0.5, 0.6) is 5.75 Å². The summed E-state index contributed by atoms with van der Waals surface area (Å²) in [5, 5.41) is 0. The maximum atomic E-state index is 5.80. The Balaban J connectivity index is 2.06. The first-order valence-electron chi connectivity index (χ1n) is 6.31. The van der Waals surface area contributed by atoms with Crippen LogP contribution in [0.1, 0.15) is 36.7 Å². The quantitative estimate of drug-likeness (QED) is 0.804. The van der Waals surface area contributed by atoms with Crippen LogP contribution in [0.2, 0.25) is 0 Å². The molecule has 0 amide bonds. The fourth-order valence-corrected chi connectivity index (χ4v) is 1.78. The standard InChI is InChI=1S/C16H19NO/c1-12(2)15-9-10-16(13(3)17-15)18-11-14-7-5-4-6-8-14/h4-10,12H,11H2,1-3H3. The average Bonchev–Trinajstić information content (AvgIpc) is 2.38. The molecule has 0 N–H and O–H groups in total. The number of ether oxygens (including phenoxy) is 1. The number of nitrogens with zero attached hydrogens (tertiary/aromatic N) is 1. The van der Waals surface area contributed by atoms with E-state index >= 15 is 0 Å². The Kier molecular flexibility index (Phi) is 3.98. The van der Waals surface area contributed by atoms with Crippen molar-refractivity contribution in [3.8, 4) is 5.75 Å². The van der Waals surface area contributed by atoms with Gasteiger partial charge in [0.05, 0.1) is 5.69 Å². The van der Waals surface area contributed by atoms with Gasteiger partial charge in [0.1, 0.15) is 12.4 Å². The first kappa shape index (κ1) is 12.6. The number of hydrogen-bond donors (Lipinski definition) is 0. The second-order valence-corrected chi connectivity index (χ2v) is 4.75. The normalized spacial score (nSPS) is 10.7. The van der Waals surface area contributed by atoms with Crippen LogP contribution in [-0.4, -0.2) is 4.98 Å². The molecule has 1 heterocycles. The van der Waals surface area contributed by atoms with Crippen LogP contribution in [0.15, 0.2) is 42.5 Å². The van der Waals surface area contributed by atoms with Gasteiger partial charge in [-0.25, -0.2) is 0 Å². The van der Waals surface area contributed by atoms with E-state index in [1.165, 1.54) is 5.56 Å². The third-order valence-corrected chi connectivity index (χ3v) is 2.89. The van der Waals surface area contributed by atoms with Crippen molar-refractivity contribution in [3.63, 3.8) is 0 Å². The highest BCUT2D eigenvalue weighted by atomic mass is 16.5. The van der Waals surface area contributed by atoms with Crippen LogP contribution in [-0.2, 0) is 6.61 Å². The molecule has 1 aromatic heterocycles. The first-order valence-corrected chi connectivity index (χ1v) is 6.31. The summed E-state index contributed by atoms with van der Waals surface area (Å²) in [7, 11) is 0. The van der Waals surface area contributed by atoms with Gasteiger partial charge >= 0.3 is 0 Å². The van der Waals surface area contributed by atoms with Crippen LogP contribution in [0.4, 0.5) is 0 Å². The smallest absolute Gasteiger partial charge is 0.141 e. The third-order valence-electron chi connectivity index (χ3n) is 2.89. The predicted octanol–water partition coefficient (Wildman–Crippen LogP) is 4.09. The maximum Gasteiger partial charge on any atom is 0.141 e. The van der Waals surface area contributed by atoms with Crippen LogP contribution in [0.3, 0.4) is 0 Å². The minimum atomic E-state index is 0.451. The van der Waals surface area contributed by atoms with Crippen molar-refractivity contribution in [2.24, 2.45) is 0 Å². The second kappa shape index (κ2) is 5.67. The molecule has 0 aliphatic rings. The molecule has 0 radical (unpaired) electrons. The lowest BCUT2D eigenvalue weighted by atomic mass is 10.1. The van der Waals surface area contributed by atoms with Gasteiger partial charge in [0.25, 0.3) is 0 Å². The van der Waals surface area contributed by atoms with Crippen molar-refractivity contribution in [1.82, 2.24) is 4.98 Å². The molecule has 94 valence electrons. The van der Waals surface area contributed by atoms with Crippen molar-refractivity contribution in [1.29, 1.82) is 0 Å². The summed E-state index contributed by atoms with van der Waals surface area (Å²) in [6.45, 7) is 6.87. The molecular weight excluding hydrogens is 222 g/mol. The van der Waals surface area contributed by atoms with E-state index in [2.05, 4.69) is 31.0 Å². The lowest BCUT2D eigenvalue weighted by Crippen LogP contribution is -2.00. The summed E-state index contributed by atoms with van der Waals surface area (Å²) >= 11 is 0. The molecule has 0 fully saturated rings. The summed E-state index contributed by atoms with van der Waals surface area (Å²) in [6.07, 6.45) is 0. The van der Waals surface area contributed by atoms with E-state index in [1.54, 1.807) is 0 Å². The van der Waals surface area contributed by atoms with E-state index in [4.69, 9.17) is 4.74 Å². The highest BCUT2D eigenvalue weighted by Crippen LogP contribution is 2.20. The zero-order chi connectivity index (χ0) is 13.0. The minimum Gasteiger partial charge on any atom is -0.487 e. The molecule has 0 aliphatic heterocycles. The zero-order valence-electron chi connectivity index (χ0n) is 11.2. The molecular formula is C16H19NO. The van der Waals surface area contributed by atoms with Gasteiger partial charge in [-0.3, -0.25) is 4.98 Å². The second-order valence-electron chi connectivity index (χ2n) is 4.75. The monoisotopic (exact) mass is 241 g/mol. The van der Waals surface area contributed by atoms with Gasteiger partial charge in [0.2, 0.25) is 0 Å². The molecule has 18 heavy (non-hydrogen) atoms. The lowest BCUT2D eigenvalue weighted by molar-refractivity contribution is 0.302. The molecule has 0 spiro atoms. The summed E-state index contributed by atoms with van der Waals surface area (Å²) < 4.78 is 5.80.